The second-order valence-electron chi connectivity index (χ2n) is 5.30. The Bertz CT molecular complexity index is 590. The van der Waals surface area contributed by atoms with Crippen LogP contribution in [0.2, 0.25) is 0 Å². The van der Waals surface area contributed by atoms with E-state index in [1.54, 1.807) is 0 Å². The van der Waals surface area contributed by atoms with E-state index in [1.165, 1.54) is 17.4 Å². The summed E-state index contributed by atoms with van der Waals surface area (Å²) < 4.78 is 39.8. The minimum Gasteiger partial charge on any atom is -0.398 e. The number of nitrogen functional groups attached to an aromatic ring is 1. The van der Waals surface area contributed by atoms with Gasteiger partial charge in [-0.2, -0.15) is 4.31 Å². The Labute approximate surface area is 128 Å². The number of sulfonamides is 1. The van der Waals surface area contributed by atoms with Crippen molar-refractivity contribution in [3.05, 3.63) is 22.4 Å². The van der Waals surface area contributed by atoms with Crippen molar-refractivity contribution in [3.63, 3.8) is 0 Å². The Morgan fingerprint density at radius 3 is 2.40 bits per heavy atom. The van der Waals surface area contributed by atoms with Crippen LogP contribution in [0.15, 0.2) is 21.5 Å². The molecule has 1 rings (SSSR count). The van der Waals surface area contributed by atoms with E-state index in [2.05, 4.69) is 15.9 Å². The lowest BCUT2D eigenvalue weighted by Crippen LogP contribution is -2.36. The van der Waals surface area contributed by atoms with Gasteiger partial charge in [-0.1, -0.05) is 13.8 Å². The van der Waals surface area contributed by atoms with E-state index in [0.29, 0.717) is 5.92 Å². The molecule has 114 valence electrons. The van der Waals surface area contributed by atoms with E-state index in [9.17, 15) is 12.8 Å². The first-order valence-corrected chi connectivity index (χ1v) is 8.53. The molecule has 0 radical (unpaired) electrons. The predicted octanol–water partition coefficient (Wildman–Crippen LogP) is 3.23. The molecule has 0 aromatic heterocycles. The summed E-state index contributed by atoms with van der Waals surface area (Å²) in [5.74, 6) is -0.209. The Balaban J connectivity index is 3.20. The van der Waals surface area contributed by atoms with Crippen molar-refractivity contribution in [2.45, 2.75) is 38.1 Å². The molecule has 0 aliphatic carbocycles. The molecule has 0 heterocycles. The Morgan fingerprint density at radius 1 is 1.35 bits per heavy atom. The first-order chi connectivity index (χ1) is 9.07. The number of nitrogens with two attached hydrogens (primary N) is 1. The van der Waals surface area contributed by atoms with Gasteiger partial charge in [-0.25, -0.2) is 12.8 Å². The molecule has 1 aromatic rings. The molecule has 1 aromatic carbocycles. The lowest BCUT2D eigenvalue weighted by Gasteiger charge is -2.26. The third kappa shape index (κ3) is 3.71. The summed E-state index contributed by atoms with van der Waals surface area (Å²) in [4.78, 5) is -0.0797. The van der Waals surface area contributed by atoms with Gasteiger partial charge in [0, 0.05) is 13.1 Å². The largest absolute Gasteiger partial charge is 0.398 e. The minimum absolute atomic E-state index is 0.0789. The van der Waals surface area contributed by atoms with Crippen molar-refractivity contribution < 1.29 is 12.8 Å². The highest BCUT2D eigenvalue weighted by atomic mass is 79.9. The number of hydrogen-bond donors (Lipinski definition) is 1. The molecule has 0 aliphatic heterocycles. The summed E-state index contributed by atoms with van der Waals surface area (Å²) in [7, 11) is -2.23. The van der Waals surface area contributed by atoms with E-state index in [4.69, 9.17) is 5.73 Å². The van der Waals surface area contributed by atoms with Crippen LogP contribution in [0.3, 0.4) is 0 Å². The molecular weight excluding hydrogens is 347 g/mol. The zero-order valence-corrected chi connectivity index (χ0v) is 14.4. The van der Waals surface area contributed by atoms with Crippen molar-refractivity contribution in [1.82, 2.24) is 4.31 Å². The molecule has 0 amide bonds. The lowest BCUT2D eigenvalue weighted by atomic mass is 10.1. The molecule has 0 saturated heterocycles. The van der Waals surface area contributed by atoms with Gasteiger partial charge in [0.1, 0.15) is 10.7 Å². The van der Waals surface area contributed by atoms with Gasteiger partial charge in [-0.15, -0.1) is 0 Å². The van der Waals surface area contributed by atoms with E-state index in [0.717, 1.165) is 12.5 Å². The maximum atomic E-state index is 13.3. The van der Waals surface area contributed by atoms with Crippen LogP contribution in [0, 0.1) is 11.7 Å². The minimum atomic E-state index is -3.74. The molecule has 0 saturated carbocycles. The SMILES string of the molecule is CC(C)CC(C)N(C)S(=O)(=O)c1cc(Br)c(F)cc1N. The van der Waals surface area contributed by atoms with Crippen LogP contribution < -0.4 is 5.73 Å². The lowest BCUT2D eigenvalue weighted by molar-refractivity contribution is 0.338. The number of rotatable bonds is 5. The fraction of sp³-hybridized carbons (Fsp3) is 0.538. The van der Waals surface area contributed by atoms with Crippen LogP contribution in [0.25, 0.3) is 0 Å². The molecule has 0 spiro atoms. The van der Waals surface area contributed by atoms with Gasteiger partial charge in [0.25, 0.3) is 0 Å². The second kappa shape index (κ2) is 6.41. The van der Waals surface area contributed by atoms with Crippen molar-refractivity contribution >= 4 is 31.6 Å². The summed E-state index contributed by atoms with van der Waals surface area (Å²) >= 11 is 2.99. The topological polar surface area (TPSA) is 63.4 Å². The third-order valence-corrected chi connectivity index (χ3v) is 5.78. The number of nitrogens with zero attached hydrogens (tertiary/aromatic N) is 1. The van der Waals surface area contributed by atoms with Crippen LogP contribution in [0.4, 0.5) is 10.1 Å². The quantitative estimate of drug-likeness (QED) is 0.813. The van der Waals surface area contributed by atoms with Gasteiger partial charge in [-0.3, -0.25) is 0 Å². The molecule has 2 N–H and O–H groups in total. The summed E-state index contributed by atoms with van der Waals surface area (Å²) in [6, 6.07) is 2.06. The van der Waals surface area contributed by atoms with Crippen molar-refractivity contribution in [2.75, 3.05) is 12.8 Å². The number of hydrogen-bond acceptors (Lipinski definition) is 3. The third-order valence-electron chi connectivity index (χ3n) is 3.14. The standard InChI is InChI=1S/C13H20BrFN2O2S/c1-8(2)5-9(3)17(4)20(18,19)13-6-10(14)11(15)7-12(13)16/h6-9H,5,16H2,1-4H3. The van der Waals surface area contributed by atoms with Crippen LogP contribution >= 0.6 is 15.9 Å². The Kier molecular flexibility index (Phi) is 5.57. The molecule has 0 aliphatic rings. The smallest absolute Gasteiger partial charge is 0.245 e. The van der Waals surface area contributed by atoms with Crippen LogP contribution in [-0.4, -0.2) is 25.8 Å². The zero-order chi connectivity index (χ0) is 15.7. The van der Waals surface area contributed by atoms with Gasteiger partial charge in [-0.05, 0) is 47.3 Å². The molecule has 0 bridgehead atoms. The fourth-order valence-corrected chi connectivity index (χ4v) is 3.98. The van der Waals surface area contributed by atoms with Gasteiger partial charge in [0.2, 0.25) is 10.0 Å². The fourth-order valence-electron chi connectivity index (χ4n) is 1.99. The van der Waals surface area contributed by atoms with Gasteiger partial charge in [0.05, 0.1) is 10.2 Å². The predicted molar refractivity (Wildman–Crippen MR) is 82.4 cm³/mol. The maximum absolute atomic E-state index is 13.3. The molecule has 20 heavy (non-hydrogen) atoms. The van der Waals surface area contributed by atoms with Gasteiger partial charge < -0.3 is 5.73 Å². The molecular formula is C13H20BrFN2O2S. The van der Waals surface area contributed by atoms with E-state index < -0.39 is 15.8 Å². The number of benzene rings is 1. The molecule has 1 atom stereocenters. The summed E-state index contributed by atoms with van der Waals surface area (Å²) in [5.41, 5.74) is 5.56. The number of halogens is 2. The zero-order valence-electron chi connectivity index (χ0n) is 12.0. The highest BCUT2D eigenvalue weighted by Gasteiger charge is 2.28. The van der Waals surface area contributed by atoms with E-state index in [1.807, 2.05) is 20.8 Å². The highest BCUT2D eigenvalue weighted by molar-refractivity contribution is 9.10. The van der Waals surface area contributed by atoms with Gasteiger partial charge >= 0.3 is 0 Å². The average molecular weight is 367 g/mol. The first kappa shape index (κ1) is 17.4. The highest BCUT2D eigenvalue weighted by Crippen LogP contribution is 2.29. The van der Waals surface area contributed by atoms with Crippen LogP contribution in [0.5, 0.6) is 0 Å². The number of anilines is 1. The van der Waals surface area contributed by atoms with Crippen molar-refractivity contribution in [2.24, 2.45) is 5.92 Å². The van der Waals surface area contributed by atoms with Crippen molar-refractivity contribution in [1.29, 1.82) is 0 Å². The van der Waals surface area contributed by atoms with Crippen LogP contribution in [-0.2, 0) is 10.0 Å². The van der Waals surface area contributed by atoms with Gasteiger partial charge in [0.15, 0.2) is 0 Å². The van der Waals surface area contributed by atoms with E-state index in [-0.39, 0.29) is 21.1 Å². The molecule has 4 nitrogen and oxygen atoms in total. The Morgan fingerprint density at radius 2 is 1.90 bits per heavy atom. The van der Waals surface area contributed by atoms with E-state index >= 15 is 0 Å². The molecule has 0 fully saturated rings. The average Bonchev–Trinajstić information content (AvgIpc) is 2.31. The molecule has 7 heteroatoms. The van der Waals surface area contributed by atoms with Crippen molar-refractivity contribution in [3.8, 4) is 0 Å². The normalized spacial score (nSPS) is 14.0. The Hall–Kier alpha value is -0.660. The second-order valence-corrected chi connectivity index (χ2v) is 8.12. The first-order valence-electron chi connectivity index (χ1n) is 6.30. The molecule has 1 unspecified atom stereocenters. The van der Waals surface area contributed by atoms with Crippen LogP contribution in [0.1, 0.15) is 27.2 Å². The summed E-state index contributed by atoms with van der Waals surface area (Å²) in [6.45, 7) is 5.89. The maximum Gasteiger partial charge on any atom is 0.245 e. The summed E-state index contributed by atoms with van der Waals surface area (Å²) in [6.07, 6.45) is 0.734. The summed E-state index contributed by atoms with van der Waals surface area (Å²) in [5, 5.41) is 0. The monoisotopic (exact) mass is 366 g/mol.